The maximum Gasteiger partial charge on any atom is 0.264 e. The van der Waals surface area contributed by atoms with Crippen LogP contribution in [0.5, 0.6) is 0 Å². The van der Waals surface area contributed by atoms with Gasteiger partial charge in [-0.3, -0.25) is 4.79 Å². The molecule has 0 atom stereocenters. The summed E-state index contributed by atoms with van der Waals surface area (Å²) in [5.74, 6) is -1.61. The molecule has 0 unspecified atom stereocenters. The molecule has 0 saturated carbocycles. The summed E-state index contributed by atoms with van der Waals surface area (Å²) in [6.07, 6.45) is 0. The molecule has 0 fully saturated rings. The van der Waals surface area contributed by atoms with Crippen LogP contribution in [0.15, 0.2) is 18.2 Å². The highest BCUT2D eigenvalue weighted by Crippen LogP contribution is 2.09. The minimum atomic E-state index is -3.68. The van der Waals surface area contributed by atoms with Crippen LogP contribution in [0, 0.1) is 18.7 Å². The van der Waals surface area contributed by atoms with Gasteiger partial charge in [-0.2, -0.15) is 0 Å². The molecule has 0 spiro atoms. The first-order valence-corrected chi connectivity index (χ1v) is 7.17. The third-order valence-electron chi connectivity index (χ3n) is 2.11. The van der Waals surface area contributed by atoms with Crippen molar-refractivity contribution in [2.75, 3.05) is 5.75 Å². The number of carbonyl (C=O) groups excluding carboxylic acids is 1. The van der Waals surface area contributed by atoms with Crippen molar-refractivity contribution < 1.29 is 17.6 Å². The number of carbonyl (C=O) groups is 1. The van der Waals surface area contributed by atoms with Crippen LogP contribution in [-0.4, -0.2) is 20.1 Å². The molecule has 0 radical (unpaired) electrons. The smallest absolute Gasteiger partial charge is 0.264 e. The zero-order valence-electron chi connectivity index (χ0n) is 10.5. The summed E-state index contributed by atoms with van der Waals surface area (Å²) in [7, 11) is -3.68. The fourth-order valence-corrected chi connectivity index (χ4v) is 2.91. The second-order valence-electron chi connectivity index (χ2n) is 4.62. The molecule has 0 aromatic heterocycles. The Kier molecular flexibility index (Phi) is 4.45. The van der Waals surface area contributed by atoms with E-state index in [0.717, 1.165) is 6.07 Å². The first-order valence-electron chi connectivity index (χ1n) is 5.51. The van der Waals surface area contributed by atoms with E-state index in [-0.39, 0.29) is 17.2 Å². The van der Waals surface area contributed by atoms with E-state index in [0.29, 0.717) is 5.56 Å². The van der Waals surface area contributed by atoms with Gasteiger partial charge in [0.2, 0.25) is 10.0 Å². The predicted octanol–water partition coefficient (Wildman–Crippen LogP) is 1.85. The minimum absolute atomic E-state index is 0.000156. The van der Waals surface area contributed by atoms with E-state index in [1.165, 1.54) is 12.1 Å². The third-order valence-corrected chi connectivity index (χ3v) is 3.71. The zero-order chi connectivity index (χ0) is 13.9. The Morgan fingerprint density at radius 1 is 1.33 bits per heavy atom. The molecule has 6 heteroatoms. The van der Waals surface area contributed by atoms with Crippen LogP contribution in [0.4, 0.5) is 4.39 Å². The van der Waals surface area contributed by atoms with Crippen molar-refractivity contribution in [3.05, 3.63) is 35.1 Å². The Morgan fingerprint density at radius 3 is 2.44 bits per heavy atom. The van der Waals surface area contributed by atoms with Gasteiger partial charge in [-0.25, -0.2) is 17.5 Å². The summed E-state index contributed by atoms with van der Waals surface area (Å²) in [6, 6.07) is 3.70. The molecule has 1 aromatic carbocycles. The van der Waals surface area contributed by atoms with Gasteiger partial charge >= 0.3 is 0 Å². The van der Waals surface area contributed by atoms with Crippen LogP contribution < -0.4 is 4.72 Å². The number of aryl methyl sites for hydroxylation is 1. The largest absolute Gasteiger partial charge is 0.268 e. The molecule has 1 rings (SSSR count). The summed E-state index contributed by atoms with van der Waals surface area (Å²) in [4.78, 5) is 11.7. The molecule has 0 aliphatic rings. The van der Waals surface area contributed by atoms with Gasteiger partial charge in [0.1, 0.15) is 5.82 Å². The lowest BCUT2D eigenvalue weighted by Gasteiger charge is -2.09. The van der Waals surface area contributed by atoms with Gasteiger partial charge in [-0.1, -0.05) is 13.8 Å². The SMILES string of the molecule is Cc1cc(F)cc(C(=O)NS(=O)(=O)CC(C)C)c1. The first-order chi connectivity index (χ1) is 8.19. The summed E-state index contributed by atoms with van der Waals surface area (Å²) in [5.41, 5.74) is 0.557. The highest BCUT2D eigenvalue weighted by molar-refractivity contribution is 7.90. The van der Waals surface area contributed by atoms with Crippen LogP contribution in [0.2, 0.25) is 0 Å². The van der Waals surface area contributed by atoms with Crippen molar-refractivity contribution in [1.82, 2.24) is 4.72 Å². The average Bonchev–Trinajstić information content (AvgIpc) is 2.12. The number of benzene rings is 1. The highest BCUT2D eigenvalue weighted by Gasteiger charge is 2.18. The zero-order valence-corrected chi connectivity index (χ0v) is 11.3. The van der Waals surface area contributed by atoms with Gasteiger partial charge in [-0.15, -0.1) is 0 Å². The lowest BCUT2D eigenvalue weighted by Crippen LogP contribution is -2.34. The lowest BCUT2D eigenvalue weighted by molar-refractivity contribution is 0.0981. The number of hydrogen-bond donors (Lipinski definition) is 1. The molecule has 1 amide bonds. The summed E-state index contributed by atoms with van der Waals surface area (Å²) in [6.45, 7) is 5.09. The normalized spacial score (nSPS) is 11.6. The van der Waals surface area contributed by atoms with Crippen LogP contribution in [0.25, 0.3) is 0 Å². The Bertz CT molecular complexity index is 532. The van der Waals surface area contributed by atoms with E-state index in [1.807, 2.05) is 4.72 Å². The molecule has 0 aliphatic carbocycles. The molecule has 1 aromatic rings. The molecule has 0 saturated heterocycles. The molecule has 0 aliphatic heterocycles. The lowest BCUT2D eigenvalue weighted by atomic mass is 10.1. The van der Waals surface area contributed by atoms with Gasteiger partial charge in [0.25, 0.3) is 5.91 Å². The van der Waals surface area contributed by atoms with Crippen LogP contribution in [-0.2, 0) is 10.0 Å². The molecule has 1 N–H and O–H groups in total. The maximum atomic E-state index is 13.1. The van der Waals surface area contributed by atoms with Crippen molar-refractivity contribution in [3.63, 3.8) is 0 Å². The Morgan fingerprint density at radius 2 is 1.94 bits per heavy atom. The van der Waals surface area contributed by atoms with Crippen molar-refractivity contribution >= 4 is 15.9 Å². The van der Waals surface area contributed by atoms with E-state index in [9.17, 15) is 17.6 Å². The second-order valence-corrected chi connectivity index (χ2v) is 6.39. The van der Waals surface area contributed by atoms with E-state index >= 15 is 0 Å². The molecular weight excluding hydrogens is 257 g/mol. The van der Waals surface area contributed by atoms with Crippen molar-refractivity contribution in [2.24, 2.45) is 5.92 Å². The predicted molar refractivity (Wildman–Crippen MR) is 67.2 cm³/mol. The van der Waals surface area contributed by atoms with Gasteiger partial charge < -0.3 is 0 Å². The first kappa shape index (κ1) is 14.6. The number of sulfonamides is 1. The average molecular weight is 273 g/mol. The Hall–Kier alpha value is -1.43. The molecule has 18 heavy (non-hydrogen) atoms. The molecule has 4 nitrogen and oxygen atoms in total. The van der Waals surface area contributed by atoms with Crippen LogP contribution in [0.3, 0.4) is 0 Å². The quantitative estimate of drug-likeness (QED) is 0.910. The number of amides is 1. The topological polar surface area (TPSA) is 63.2 Å². The number of hydrogen-bond acceptors (Lipinski definition) is 3. The summed E-state index contributed by atoms with van der Waals surface area (Å²) >= 11 is 0. The van der Waals surface area contributed by atoms with Crippen molar-refractivity contribution in [2.45, 2.75) is 20.8 Å². The van der Waals surface area contributed by atoms with Gasteiger partial charge in [0, 0.05) is 5.56 Å². The minimum Gasteiger partial charge on any atom is -0.268 e. The van der Waals surface area contributed by atoms with Crippen molar-refractivity contribution in [3.8, 4) is 0 Å². The van der Waals surface area contributed by atoms with Crippen LogP contribution >= 0.6 is 0 Å². The maximum absolute atomic E-state index is 13.1. The molecule has 0 bridgehead atoms. The summed E-state index contributed by atoms with van der Waals surface area (Å²) in [5, 5.41) is 0. The Labute approximate surface area is 106 Å². The monoisotopic (exact) mass is 273 g/mol. The number of halogens is 1. The number of nitrogens with one attached hydrogen (secondary N) is 1. The highest BCUT2D eigenvalue weighted by atomic mass is 32.2. The Balaban J connectivity index is 2.89. The summed E-state index contributed by atoms with van der Waals surface area (Å²) < 4.78 is 38.2. The van der Waals surface area contributed by atoms with E-state index in [2.05, 4.69) is 0 Å². The van der Waals surface area contributed by atoms with Gasteiger partial charge in [0.15, 0.2) is 0 Å². The molecule has 0 heterocycles. The standard InChI is InChI=1S/C12H16FNO3S/c1-8(2)7-18(16,17)14-12(15)10-4-9(3)5-11(13)6-10/h4-6,8H,7H2,1-3H3,(H,14,15). The fraction of sp³-hybridized carbons (Fsp3) is 0.417. The van der Waals surface area contributed by atoms with E-state index < -0.39 is 21.7 Å². The third kappa shape index (κ3) is 4.44. The molecule has 100 valence electrons. The van der Waals surface area contributed by atoms with Crippen LogP contribution in [0.1, 0.15) is 29.8 Å². The van der Waals surface area contributed by atoms with Crippen molar-refractivity contribution in [1.29, 1.82) is 0 Å². The van der Waals surface area contributed by atoms with Gasteiger partial charge in [-0.05, 0) is 36.6 Å². The molecular formula is C12H16FNO3S. The second kappa shape index (κ2) is 5.48. The number of rotatable bonds is 4. The van der Waals surface area contributed by atoms with Gasteiger partial charge in [0.05, 0.1) is 5.75 Å². The fourth-order valence-electron chi connectivity index (χ4n) is 1.55. The van der Waals surface area contributed by atoms with E-state index in [1.54, 1.807) is 20.8 Å². The van der Waals surface area contributed by atoms with E-state index in [4.69, 9.17) is 0 Å².